The zero-order valence-electron chi connectivity index (χ0n) is 18.4. The van der Waals surface area contributed by atoms with Gasteiger partial charge in [-0.3, -0.25) is 10.1 Å². The van der Waals surface area contributed by atoms with Crippen molar-refractivity contribution in [3.8, 4) is 0 Å². The molecule has 3 saturated heterocycles. The fourth-order valence-electron chi connectivity index (χ4n) is 5.29. The maximum atomic E-state index is 13.5. The molecular weight excluding hydrogens is 449 g/mol. The molecule has 10 heteroatoms. The molecule has 0 saturated carbocycles. The van der Waals surface area contributed by atoms with Crippen molar-refractivity contribution in [2.75, 3.05) is 31.1 Å². The number of likely N-dealkylation sites (tertiary alicyclic amines) is 1. The number of nitrogens with two attached hydrogens (primary N) is 1. The molecular formula is C22H31Cl2N7O. The van der Waals surface area contributed by atoms with E-state index in [0.717, 1.165) is 68.0 Å². The quantitative estimate of drug-likeness (QED) is 0.518. The molecule has 3 fully saturated rings. The number of fused-ring (bicyclic) bond motifs is 1. The van der Waals surface area contributed by atoms with Gasteiger partial charge in [0.15, 0.2) is 5.65 Å². The molecule has 5 atom stereocenters. The van der Waals surface area contributed by atoms with E-state index in [4.69, 9.17) is 39.0 Å². The lowest BCUT2D eigenvalue weighted by Crippen LogP contribution is -2.51. The Labute approximate surface area is 198 Å². The van der Waals surface area contributed by atoms with Crippen molar-refractivity contribution in [2.45, 2.75) is 62.0 Å². The topological polar surface area (TPSA) is 91.8 Å². The average Bonchev–Trinajstić information content (AvgIpc) is 3.40. The standard InChI is InChI=1S/C22H31Cl2N7O/c1-13-11-31-20(27-21(13)29-7-5-14(25)12-29)9-17(28-31)18-4-2-3-6-30(18)22(32)15-8-19(24)26-10-16(15)23/h9,11,14-16,18-19,26H,2-8,10,12,25H2,1H3/t14-,15?,16?,18-,19?/m0/s1. The van der Waals surface area contributed by atoms with E-state index in [1.54, 1.807) is 0 Å². The lowest BCUT2D eigenvalue weighted by atomic mass is 9.92. The highest BCUT2D eigenvalue weighted by molar-refractivity contribution is 6.23. The van der Waals surface area contributed by atoms with Crippen LogP contribution >= 0.6 is 23.2 Å². The largest absolute Gasteiger partial charge is 0.355 e. The number of rotatable bonds is 3. The summed E-state index contributed by atoms with van der Waals surface area (Å²) in [5, 5.41) is 7.73. The highest BCUT2D eigenvalue weighted by atomic mass is 35.5. The predicted molar refractivity (Wildman–Crippen MR) is 126 cm³/mol. The zero-order chi connectivity index (χ0) is 22.4. The third-order valence-corrected chi connectivity index (χ3v) is 7.82. The Hall–Kier alpha value is -1.61. The molecule has 3 aliphatic heterocycles. The van der Waals surface area contributed by atoms with Gasteiger partial charge in [0.05, 0.1) is 28.5 Å². The number of hydrogen-bond donors (Lipinski definition) is 2. The molecule has 0 aliphatic carbocycles. The summed E-state index contributed by atoms with van der Waals surface area (Å²) in [6.07, 6.45) is 6.52. The minimum atomic E-state index is -0.274. The van der Waals surface area contributed by atoms with Crippen LogP contribution in [0, 0.1) is 12.8 Å². The van der Waals surface area contributed by atoms with E-state index in [1.807, 2.05) is 21.7 Å². The molecule has 8 nitrogen and oxygen atoms in total. The van der Waals surface area contributed by atoms with Gasteiger partial charge in [-0.25, -0.2) is 9.50 Å². The molecule has 0 radical (unpaired) electrons. The third kappa shape index (κ3) is 4.18. The minimum absolute atomic E-state index is 0.0607. The molecule has 2 aromatic heterocycles. The van der Waals surface area contributed by atoms with Gasteiger partial charge < -0.3 is 15.5 Å². The van der Waals surface area contributed by atoms with Gasteiger partial charge in [-0.05, 0) is 39.0 Å². The van der Waals surface area contributed by atoms with Crippen LogP contribution in [0.3, 0.4) is 0 Å². The highest BCUT2D eigenvalue weighted by Crippen LogP contribution is 2.35. The number of aromatic nitrogens is 3. The van der Waals surface area contributed by atoms with Gasteiger partial charge in [0.25, 0.3) is 0 Å². The molecule has 0 bridgehead atoms. The van der Waals surface area contributed by atoms with E-state index in [2.05, 4.69) is 17.1 Å². The van der Waals surface area contributed by atoms with Gasteiger partial charge in [0.1, 0.15) is 5.82 Å². The number of hydrogen-bond acceptors (Lipinski definition) is 6. The van der Waals surface area contributed by atoms with E-state index in [9.17, 15) is 4.79 Å². The fourth-order valence-corrected chi connectivity index (χ4v) is 5.87. The van der Waals surface area contributed by atoms with Crippen LogP contribution in [-0.4, -0.2) is 68.5 Å². The summed E-state index contributed by atoms with van der Waals surface area (Å²) < 4.78 is 1.84. The lowest BCUT2D eigenvalue weighted by Gasteiger charge is -2.39. The second kappa shape index (κ2) is 8.97. The number of nitrogens with one attached hydrogen (secondary N) is 1. The van der Waals surface area contributed by atoms with Gasteiger partial charge in [-0.1, -0.05) is 0 Å². The van der Waals surface area contributed by atoms with Crippen LogP contribution in [0.4, 0.5) is 5.82 Å². The van der Waals surface area contributed by atoms with Crippen LogP contribution in [0.1, 0.15) is 49.4 Å². The highest BCUT2D eigenvalue weighted by Gasteiger charge is 2.39. The number of anilines is 1. The van der Waals surface area contributed by atoms with Crippen molar-refractivity contribution >= 4 is 40.6 Å². The van der Waals surface area contributed by atoms with E-state index in [-0.39, 0.29) is 34.8 Å². The van der Waals surface area contributed by atoms with Crippen molar-refractivity contribution in [1.82, 2.24) is 24.8 Å². The molecule has 1 amide bonds. The first-order valence-corrected chi connectivity index (χ1v) is 12.5. The SMILES string of the molecule is Cc1cn2nc([C@@H]3CCCCN3C(=O)C3CC(Cl)NCC3Cl)cc2nc1N1CC[C@H](N)C1. The first kappa shape index (κ1) is 22.2. The third-order valence-electron chi connectivity index (χ3n) is 7.02. The summed E-state index contributed by atoms with van der Waals surface area (Å²) in [6.45, 7) is 5.08. The van der Waals surface area contributed by atoms with E-state index >= 15 is 0 Å². The molecule has 5 rings (SSSR count). The number of aryl methyl sites for hydroxylation is 1. The van der Waals surface area contributed by atoms with Gasteiger partial charge in [-0.15, -0.1) is 23.2 Å². The van der Waals surface area contributed by atoms with Gasteiger partial charge in [0.2, 0.25) is 5.91 Å². The Kier molecular flexibility index (Phi) is 6.22. The summed E-state index contributed by atoms with van der Waals surface area (Å²) in [5.41, 5.74) is 8.65. The molecule has 3 aliphatic rings. The molecule has 3 N–H and O–H groups in total. The smallest absolute Gasteiger partial charge is 0.227 e. The van der Waals surface area contributed by atoms with Gasteiger partial charge in [0, 0.05) is 50.0 Å². The van der Waals surface area contributed by atoms with Crippen molar-refractivity contribution in [3.63, 3.8) is 0 Å². The summed E-state index contributed by atoms with van der Waals surface area (Å²) >= 11 is 12.8. The molecule has 32 heavy (non-hydrogen) atoms. The van der Waals surface area contributed by atoms with Crippen molar-refractivity contribution in [1.29, 1.82) is 0 Å². The minimum Gasteiger partial charge on any atom is -0.355 e. The Bertz CT molecular complexity index is 998. The number of piperidine rings is 2. The van der Waals surface area contributed by atoms with E-state index < -0.39 is 0 Å². The summed E-state index contributed by atoms with van der Waals surface area (Å²) in [7, 11) is 0. The van der Waals surface area contributed by atoms with Crippen LogP contribution < -0.4 is 16.0 Å². The maximum Gasteiger partial charge on any atom is 0.227 e. The fraction of sp³-hybridized carbons (Fsp3) is 0.682. The van der Waals surface area contributed by atoms with Crippen LogP contribution in [0.2, 0.25) is 0 Å². The second-order valence-corrected chi connectivity index (χ2v) is 10.5. The van der Waals surface area contributed by atoms with Crippen LogP contribution in [0.25, 0.3) is 5.65 Å². The molecule has 0 aromatic carbocycles. The molecule has 5 heterocycles. The number of amides is 1. The molecule has 3 unspecified atom stereocenters. The molecule has 0 spiro atoms. The van der Waals surface area contributed by atoms with Gasteiger partial charge >= 0.3 is 0 Å². The Morgan fingerprint density at radius 2 is 2.09 bits per heavy atom. The number of carbonyl (C=O) groups is 1. The second-order valence-electron chi connectivity index (χ2n) is 9.39. The van der Waals surface area contributed by atoms with Crippen molar-refractivity contribution in [2.24, 2.45) is 11.7 Å². The Morgan fingerprint density at radius 3 is 2.88 bits per heavy atom. The first-order valence-electron chi connectivity index (χ1n) is 11.6. The summed E-state index contributed by atoms with van der Waals surface area (Å²) in [4.78, 5) is 22.6. The van der Waals surface area contributed by atoms with E-state index in [0.29, 0.717) is 13.0 Å². The van der Waals surface area contributed by atoms with Crippen LogP contribution in [-0.2, 0) is 4.79 Å². The number of carbonyl (C=O) groups excluding carboxylic acids is 1. The summed E-state index contributed by atoms with van der Waals surface area (Å²) in [5.74, 6) is 0.792. The Morgan fingerprint density at radius 1 is 1.25 bits per heavy atom. The first-order chi connectivity index (χ1) is 15.4. The predicted octanol–water partition coefficient (Wildman–Crippen LogP) is 2.41. The number of alkyl halides is 2. The van der Waals surface area contributed by atoms with Gasteiger partial charge in [-0.2, -0.15) is 5.10 Å². The molecule has 2 aromatic rings. The van der Waals surface area contributed by atoms with E-state index in [1.165, 1.54) is 0 Å². The normalized spacial score (nSPS) is 31.4. The average molecular weight is 480 g/mol. The Balaban J connectivity index is 1.43. The van der Waals surface area contributed by atoms with Crippen LogP contribution in [0.5, 0.6) is 0 Å². The lowest BCUT2D eigenvalue weighted by molar-refractivity contribution is -0.140. The van der Waals surface area contributed by atoms with Crippen molar-refractivity contribution < 1.29 is 4.79 Å². The molecule has 174 valence electrons. The monoisotopic (exact) mass is 479 g/mol. The van der Waals surface area contributed by atoms with Crippen molar-refractivity contribution in [3.05, 3.63) is 23.5 Å². The zero-order valence-corrected chi connectivity index (χ0v) is 19.9. The maximum absolute atomic E-state index is 13.5. The van der Waals surface area contributed by atoms with Crippen LogP contribution in [0.15, 0.2) is 12.3 Å². The summed E-state index contributed by atoms with van der Waals surface area (Å²) in [6, 6.07) is 2.16. The number of halogens is 2. The number of nitrogens with zero attached hydrogens (tertiary/aromatic N) is 5.